The van der Waals surface area contributed by atoms with Gasteiger partial charge in [0.25, 0.3) is 0 Å². The topological polar surface area (TPSA) is 90.2 Å². The van der Waals surface area contributed by atoms with Gasteiger partial charge in [0.2, 0.25) is 0 Å². The molecule has 26 heavy (non-hydrogen) atoms. The molecule has 2 aromatic rings. The summed E-state index contributed by atoms with van der Waals surface area (Å²) in [6.45, 7) is 1.70. The Morgan fingerprint density at radius 3 is 2.19 bits per heavy atom. The van der Waals surface area contributed by atoms with Crippen molar-refractivity contribution in [1.82, 2.24) is 0 Å². The van der Waals surface area contributed by atoms with E-state index >= 15 is 0 Å². The van der Waals surface area contributed by atoms with Crippen LogP contribution in [0.15, 0.2) is 48.5 Å². The number of rotatable bonds is 5. The van der Waals surface area contributed by atoms with E-state index in [0.717, 1.165) is 18.4 Å². The lowest BCUT2D eigenvalue weighted by Gasteiger charge is -2.40. The van der Waals surface area contributed by atoms with Crippen molar-refractivity contribution in [3.63, 3.8) is 0 Å². The number of ether oxygens (including phenoxy) is 1. The Morgan fingerprint density at radius 2 is 1.54 bits per heavy atom. The molecule has 0 aliphatic carbocycles. The summed E-state index contributed by atoms with van der Waals surface area (Å²) in [5, 5.41) is 39.6. The Hall–Kier alpha value is -1.76. The zero-order valence-corrected chi connectivity index (χ0v) is 14.8. The monoisotopic (exact) mass is 358 g/mol. The number of aliphatic hydroxyl groups is 4. The molecule has 0 radical (unpaired) electrons. The molecule has 1 heterocycles. The normalized spacial score (nSPS) is 28.9. The van der Waals surface area contributed by atoms with Gasteiger partial charge >= 0.3 is 0 Å². The summed E-state index contributed by atoms with van der Waals surface area (Å²) in [6.07, 6.45) is -3.91. The third-order valence-electron chi connectivity index (χ3n) is 5.01. The molecule has 1 aliphatic heterocycles. The minimum Gasteiger partial charge on any atom is -0.394 e. The van der Waals surface area contributed by atoms with Crippen LogP contribution in [-0.4, -0.2) is 51.4 Å². The van der Waals surface area contributed by atoms with E-state index in [1.165, 1.54) is 11.1 Å². The summed E-state index contributed by atoms with van der Waals surface area (Å²) in [6, 6.07) is 16.1. The van der Waals surface area contributed by atoms with Crippen LogP contribution in [0.4, 0.5) is 0 Å². The maximum atomic E-state index is 10.3. The molecule has 0 aromatic heterocycles. The van der Waals surface area contributed by atoms with Crippen molar-refractivity contribution in [2.45, 2.75) is 50.3 Å². The predicted molar refractivity (Wildman–Crippen MR) is 97.8 cm³/mol. The van der Waals surface area contributed by atoms with Crippen LogP contribution in [0.1, 0.15) is 35.3 Å². The molecule has 0 spiro atoms. The van der Waals surface area contributed by atoms with Gasteiger partial charge in [0.1, 0.15) is 30.5 Å². The van der Waals surface area contributed by atoms with Crippen LogP contribution >= 0.6 is 0 Å². The summed E-state index contributed by atoms with van der Waals surface area (Å²) >= 11 is 0. The molecule has 5 atom stereocenters. The van der Waals surface area contributed by atoms with Crippen LogP contribution in [0.2, 0.25) is 0 Å². The second-order valence-electron chi connectivity index (χ2n) is 6.84. The number of benzene rings is 2. The van der Waals surface area contributed by atoms with Gasteiger partial charge in [-0.25, -0.2) is 0 Å². The van der Waals surface area contributed by atoms with Crippen LogP contribution in [0.3, 0.4) is 0 Å². The molecule has 1 fully saturated rings. The molecule has 5 nitrogen and oxygen atoms in total. The predicted octanol–water partition coefficient (Wildman–Crippen LogP) is 1.35. The summed E-state index contributed by atoms with van der Waals surface area (Å²) in [4.78, 5) is 0. The van der Waals surface area contributed by atoms with Gasteiger partial charge in [-0.1, -0.05) is 55.5 Å². The molecule has 1 aliphatic rings. The molecule has 0 bridgehead atoms. The number of hydrogen-bond acceptors (Lipinski definition) is 5. The highest BCUT2D eigenvalue weighted by atomic mass is 16.5. The first-order chi connectivity index (χ1) is 12.5. The minimum absolute atomic E-state index is 0.426. The van der Waals surface area contributed by atoms with Crippen LogP contribution < -0.4 is 0 Å². The SMILES string of the molecule is CCc1ccc(Cc2cccc(C3OC(CO)C(O)C(O)C3O)c2)cc1. The van der Waals surface area contributed by atoms with E-state index in [4.69, 9.17) is 4.74 Å². The second-order valence-corrected chi connectivity index (χ2v) is 6.84. The Balaban J connectivity index is 1.79. The van der Waals surface area contributed by atoms with Crippen LogP contribution in [0.25, 0.3) is 0 Å². The minimum atomic E-state index is -1.36. The average molecular weight is 358 g/mol. The standard InChI is InChI=1S/C21H26O5/c1-2-13-6-8-14(9-7-13)10-15-4-3-5-16(11-15)21-20(25)19(24)18(23)17(12-22)26-21/h3-9,11,17-25H,2,10,12H2,1H3. The first-order valence-electron chi connectivity index (χ1n) is 9.00. The number of aliphatic hydroxyl groups excluding tert-OH is 4. The van der Waals surface area contributed by atoms with E-state index in [1.54, 1.807) is 0 Å². The van der Waals surface area contributed by atoms with Crippen molar-refractivity contribution in [2.24, 2.45) is 0 Å². The molecule has 3 rings (SSSR count). The third kappa shape index (κ3) is 3.98. The fourth-order valence-corrected chi connectivity index (χ4v) is 3.39. The van der Waals surface area contributed by atoms with Gasteiger partial charge in [0, 0.05) is 0 Å². The maximum absolute atomic E-state index is 10.3. The van der Waals surface area contributed by atoms with Gasteiger partial charge in [-0.05, 0) is 35.1 Å². The fourth-order valence-electron chi connectivity index (χ4n) is 3.39. The molecule has 4 N–H and O–H groups in total. The van der Waals surface area contributed by atoms with Crippen molar-refractivity contribution in [2.75, 3.05) is 6.61 Å². The molecular formula is C21H26O5. The molecule has 140 valence electrons. The van der Waals surface area contributed by atoms with Crippen LogP contribution in [0.5, 0.6) is 0 Å². The molecular weight excluding hydrogens is 332 g/mol. The average Bonchev–Trinajstić information content (AvgIpc) is 2.67. The Kier molecular flexibility index (Phi) is 6.06. The van der Waals surface area contributed by atoms with Crippen molar-refractivity contribution in [1.29, 1.82) is 0 Å². The van der Waals surface area contributed by atoms with Gasteiger partial charge in [0.15, 0.2) is 0 Å². The third-order valence-corrected chi connectivity index (χ3v) is 5.01. The second kappa shape index (κ2) is 8.29. The van der Waals surface area contributed by atoms with E-state index in [1.807, 2.05) is 24.3 Å². The largest absolute Gasteiger partial charge is 0.394 e. The molecule has 1 saturated heterocycles. The zero-order valence-electron chi connectivity index (χ0n) is 14.8. The van der Waals surface area contributed by atoms with E-state index in [2.05, 4.69) is 31.2 Å². The smallest absolute Gasteiger partial charge is 0.113 e. The fraction of sp³-hybridized carbons (Fsp3) is 0.429. The highest BCUT2D eigenvalue weighted by molar-refractivity contribution is 5.32. The van der Waals surface area contributed by atoms with Crippen molar-refractivity contribution < 1.29 is 25.2 Å². The summed E-state index contributed by atoms with van der Waals surface area (Å²) in [7, 11) is 0. The highest BCUT2D eigenvalue weighted by Gasteiger charge is 2.43. The molecule has 5 unspecified atom stereocenters. The molecule has 0 saturated carbocycles. The van der Waals surface area contributed by atoms with Gasteiger partial charge in [-0.3, -0.25) is 0 Å². The van der Waals surface area contributed by atoms with E-state index in [-0.39, 0.29) is 0 Å². The summed E-state index contributed by atoms with van der Waals surface area (Å²) in [5.74, 6) is 0. The van der Waals surface area contributed by atoms with Crippen molar-refractivity contribution in [3.05, 3.63) is 70.8 Å². The first-order valence-corrected chi connectivity index (χ1v) is 9.00. The highest BCUT2D eigenvalue weighted by Crippen LogP contribution is 2.32. The Morgan fingerprint density at radius 1 is 0.846 bits per heavy atom. The maximum Gasteiger partial charge on any atom is 0.113 e. The van der Waals surface area contributed by atoms with Crippen molar-refractivity contribution >= 4 is 0 Å². The lowest BCUT2D eigenvalue weighted by atomic mass is 9.90. The molecule has 2 aromatic carbocycles. The summed E-state index contributed by atoms with van der Waals surface area (Å²) in [5.41, 5.74) is 4.25. The van der Waals surface area contributed by atoms with Gasteiger partial charge in [0.05, 0.1) is 6.61 Å². The quantitative estimate of drug-likeness (QED) is 0.648. The number of hydrogen-bond donors (Lipinski definition) is 4. The lowest BCUT2D eigenvalue weighted by molar-refractivity contribution is -0.231. The lowest BCUT2D eigenvalue weighted by Crippen LogP contribution is -2.55. The van der Waals surface area contributed by atoms with Gasteiger partial charge < -0.3 is 25.2 Å². The van der Waals surface area contributed by atoms with Gasteiger partial charge in [-0.2, -0.15) is 0 Å². The van der Waals surface area contributed by atoms with E-state index in [0.29, 0.717) is 5.56 Å². The van der Waals surface area contributed by atoms with E-state index in [9.17, 15) is 20.4 Å². The van der Waals surface area contributed by atoms with E-state index < -0.39 is 37.1 Å². The van der Waals surface area contributed by atoms with Crippen LogP contribution in [0, 0.1) is 0 Å². The number of aryl methyl sites for hydroxylation is 1. The molecule has 0 amide bonds. The van der Waals surface area contributed by atoms with Gasteiger partial charge in [-0.15, -0.1) is 0 Å². The molecule has 5 heteroatoms. The van der Waals surface area contributed by atoms with Crippen LogP contribution in [-0.2, 0) is 17.6 Å². The summed E-state index contributed by atoms with van der Waals surface area (Å²) < 4.78 is 5.64. The Bertz CT molecular complexity index is 713. The zero-order chi connectivity index (χ0) is 18.7. The first kappa shape index (κ1) is 19.0. The van der Waals surface area contributed by atoms with Crippen molar-refractivity contribution in [3.8, 4) is 0 Å². The Labute approximate surface area is 153 Å².